The summed E-state index contributed by atoms with van der Waals surface area (Å²) >= 11 is 0. The second-order valence-electron chi connectivity index (χ2n) is 5.74. The zero-order valence-electron chi connectivity index (χ0n) is 11.1. The van der Waals surface area contributed by atoms with Crippen LogP contribution < -0.4 is 0 Å². The Bertz CT molecular complexity index is 408. The fourth-order valence-corrected chi connectivity index (χ4v) is 1.83. The number of benzene rings is 1. The molecule has 0 aliphatic heterocycles. The monoisotopic (exact) mass is 231 g/mol. The molecule has 1 aromatic carbocycles. The number of hydrogen-bond donors (Lipinski definition) is 1. The van der Waals surface area contributed by atoms with Crippen LogP contribution in [0.2, 0.25) is 0 Å². The van der Waals surface area contributed by atoms with E-state index in [0.717, 1.165) is 5.56 Å². The van der Waals surface area contributed by atoms with Gasteiger partial charge in [-0.3, -0.25) is 0 Å². The van der Waals surface area contributed by atoms with Crippen molar-refractivity contribution in [3.05, 3.63) is 35.4 Å². The smallest absolute Gasteiger partial charge is 0.0816 e. The fraction of sp³-hybridized carbons (Fsp3) is 0.533. The Morgan fingerprint density at radius 1 is 1.06 bits per heavy atom. The molecule has 0 radical (unpaired) electrons. The maximum atomic E-state index is 9.24. The molecule has 0 heterocycles. The van der Waals surface area contributed by atoms with E-state index >= 15 is 0 Å². The first-order valence-electron chi connectivity index (χ1n) is 5.96. The molecule has 1 rings (SSSR count). The first kappa shape index (κ1) is 13.7. The van der Waals surface area contributed by atoms with E-state index in [0.29, 0.717) is 6.42 Å². The highest BCUT2D eigenvalue weighted by molar-refractivity contribution is 5.35. The second kappa shape index (κ2) is 4.89. The summed E-state index contributed by atoms with van der Waals surface area (Å²) in [5, 5.41) is 18.3. The van der Waals surface area contributed by atoms with Gasteiger partial charge in [0.1, 0.15) is 0 Å². The Balaban J connectivity index is 3.06. The van der Waals surface area contributed by atoms with Gasteiger partial charge < -0.3 is 5.11 Å². The fourth-order valence-electron chi connectivity index (χ4n) is 1.83. The van der Waals surface area contributed by atoms with Gasteiger partial charge in [-0.2, -0.15) is 5.26 Å². The van der Waals surface area contributed by atoms with Gasteiger partial charge in [0.15, 0.2) is 0 Å². The number of hydrogen-bond acceptors (Lipinski definition) is 2. The van der Waals surface area contributed by atoms with E-state index in [9.17, 15) is 5.26 Å². The van der Waals surface area contributed by atoms with E-state index < -0.39 is 5.41 Å². The van der Waals surface area contributed by atoms with Gasteiger partial charge in [-0.05, 0) is 29.9 Å². The molecule has 0 spiro atoms. The van der Waals surface area contributed by atoms with Gasteiger partial charge in [0.25, 0.3) is 0 Å². The largest absolute Gasteiger partial charge is 0.396 e. The molecule has 0 saturated carbocycles. The lowest BCUT2D eigenvalue weighted by atomic mass is 9.79. The molecule has 0 amide bonds. The molecule has 1 unspecified atom stereocenters. The highest BCUT2D eigenvalue weighted by Crippen LogP contribution is 2.29. The number of nitriles is 1. The van der Waals surface area contributed by atoms with E-state index in [1.807, 2.05) is 19.1 Å². The van der Waals surface area contributed by atoms with Crippen LogP contribution in [-0.4, -0.2) is 11.7 Å². The van der Waals surface area contributed by atoms with Gasteiger partial charge in [-0.1, -0.05) is 45.0 Å². The minimum Gasteiger partial charge on any atom is -0.396 e. The van der Waals surface area contributed by atoms with Crippen molar-refractivity contribution in [1.82, 2.24) is 0 Å². The van der Waals surface area contributed by atoms with Crippen molar-refractivity contribution in [3.8, 4) is 6.07 Å². The molecular weight excluding hydrogens is 210 g/mol. The molecule has 0 aliphatic rings. The number of aliphatic hydroxyl groups is 1. The molecule has 2 nitrogen and oxygen atoms in total. The Morgan fingerprint density at radius 2 is 1.53 bits per heavy atom. The summed E-state index contributed by atoms with van der Waals surface area (Å²) in [6, 6.07) is 10.4. The third-order valence-electron chi connectivity index (χ3n) is 3.25. The van der Waals surface area contributed by atoms with E-state index in [1.54, 1.807) is 0 Å². The lowest BCUT2D eigenvalue weighted by Crippen LogP contribution is -2.21. The van der Waals surface area contributed by atoms with E-state index in [-0.39, 0.29) is 12.0 Å². The van der Waals surface area contributed by atoms with Crippen LogP contribution in [0.4, 0.5) is 0 Å². The summed E-state index contributed by atoms with van der Waals surface area (Å²) in [7, 11) is 0. The Hall–Kier alpha value is -1.33. The molecule has 1 aromatic rings. The topological polar surface area (TPSA) is 44.0 Å². The molecule has 0 bridgehead atoms. The predicted molar refractivity (Wildman–Crippen MR) is 69.8 cm³/mol. The molecular formula is C15H21NO. The zero-order chi connectivity index (χ0) is 13.1. The highest BCUT2D eigenvalue weighted by Gasteiger charge is 2.26. The number of rotatable bonds is 3. The maximum absolute atomic E-state index is 9.24. The average Bonchev–Trinajstić information content (AvgIpc) is 2.28. The van der Waals surface area contributed by atoms with Crippen molar-refractivity contribution >= 4 is 0 Å². The molecule has 0 aliphatic carbocycles. The van der Waals surface area contributed by atoms with E-state index in [1.165, 1.54) is 5.56 Å². The lowest BCUT2D eigenvalue weighted by molar-refractivity contribution is 0.264. The maximum Gasteiger partial charge on any atom is 0.0816 e. The standard InChI is InChI=1S/C15H21NO/c1-14(2,3)12-5-7-13(8-6-12)15(4,11-16)9-10-17/h5-8,17H,9-10H2,1-4H3. The lowest BCUT2D eigenvalue weighted by Gasteiger charge is -2.24. The van der Waals surface area contributed by atoms with Crippen molar-refractivity contribution < 1.29 is 5.11 Å². The van der Waals surface area contributed by atoms with Gasteiger partial charge in [0.05, 0.1) is 11.5 Å². The Labute approximate surface area is 104 Å². The molecule has 17 heavy (non-hydrogen) atoms. The molecule has 1 atom stereocenters. The van der Waals surface area contributed by atoms with Crippen LogP contribution in [0.15, 0.2) is 24.3 Å². The Morgan fingerprint density at radius 3 is 1.88 bits per heavy atom. The van der Waals surface area contributed by atoms with Gasteiger partial charge in [0.2, 0.25) is 0 Å². The normalized spacial score (nSPS) is 15.1. The molecule has 1 N–H and O–H groups in total. The number of aliphatic hydroxyl groups excluding tert-OH is 1. The van der Waals surface area contributed by atoms with Gasteiger partial charge in [-0.25, -0.2) is 0 Å². The average molecular weight is 231 g/mol. The minimum atomic E-state index is -0.592. The summed E-state index contributed by atoms with van der Waals surface area (Å²) in [4.78, 5) is 0. The number of nitrogens with zero attached hydrogens (tertiary/aromatic N) is 1. The van der Waals surface area contributed by atoms with Crippen LogP contribution in [-0.2, 0) is 10.8 Å². The van der Waals surface area contributed by atoms with Crippen LogP contribution in [0.5, 0.6) is 0 Å². The SMILES string of the molecule is CC(C)(C)c1ccc(C(C)(C#N)CCO)cc1. The van der Waals surface area contributed by atoms with Crippen molar-refractivity contribution in [1.29, 1.82) is 5.26 Å². The molecule has 2 heteroatoms. The minimum absolute atomic E-state index is 0.0328. The van der Waals surface area contributed by atoms with Crippen LogP contribution in [0, 0.1) is 11.3 Å². The second-order valence-corrected chi connectivity index (χ2v) is 5.74. The highest BCUT2D eigenvalue weighted by atomic mass is 16.3. The van der Waals surface area contributed by atoms with Gasteiger partial charge in [-0.15, -0.1) is 0 Å². The molecule has 0 aromatic heterocycles. The van der Waals surface area contributed by atoms with E-state index in [2.05, 4.69) is 39.0 Å². The van der Waals surface area contributed by atoms with Gasteiger partial charge in [0, 0.05) is 6.61 Å². The van der Waals surface area contributed by atoms with Gasteiger partial charge >= 0.3 is 0 Å². The Kier molecular flexibility index (Phi) is 3.95. The van der Waals surface area contributed by atoms with Crippen molar-refractivity contribution in [3.63, 3.8) is 0 Å². The third kappa shape index (κ3) is 3.08. The first-order chi connectivity index (χ1) is 7.83. The van der Waals surface area contributed by atoms with Crippen LogP contribution in [0.1, 0.15) is 45.2 Å². The van der Waals surface area contributed by atoms with Crippen LogP contribution in [0.3, 0.4) is 0 Å². The molecule has 92 valence electrons. The zero-order valence-corrected chi connectivity index (χ0v) is 11.1. The van der Waals surface area contributed by atoms with Crippen LogP contribution >= 0.6 is 0 Å². The summed E-state index contributed by atoms with van der Waals surface area (Å²) < 4.78 is 0. The quantitative estimate of drug-likeness (QED) is 0.868. The van der Waals surface area contributed by atoms with Crippen molar-refractivity contribution in [2.45, 2.75) is 44.9 Å². The summed E-state index contributed by atoms with van der Waals surface area (Å²) in [6.45, 7) is 8.40. The summed E-state index contributed by atoms with van der Waals surface area (Å²) in [5.41, 5.74) is 1.76. The van der Waals surface area contributed by atoms with Crippen molar-refractivity contribution in [2.75, 3.05) is 6.61 Å². The molecule has 0 fully saturated rings. The predicted octanol–water partition coefficient (Wildman–Crippen LogP) is 3.15. The molecule has 0 saturated heterocycles. The third-order valence-corrected chi connectivity index (χ3v) is 3.25. The van der Waals surface area contributed by atoms with E-state index in [4.69, 9.17) is 5.11 Å². The van der Waals surface area contributed by atoms with Crippen molar-refractivity contribution in [2.24, 2.45) is 0 Å². The van der Waals surface area contributed by atoms with Crippen LogP contribution in [0.25, 0.3) is 0 Å². The first-order valence-corrected chi connectivity index (χ1v) is 5.96. The summed E-state index contributed by atoms with van der Waals surface area (Å²) in [6.07, 6.45) is 0.471. The summed E-state index contributed by atoms with van der Waals surface area (Å²) in [5.74, 6) is 0.